The second kappa shape index (κ2) is 5.85. The number of carbonyl (C=O) groups is 1. The molecule has 1 aliphatic rings. The van der Waals surface area contributed by atoms with Gasteiger partial charge >= 0.3 is 0 Å². The molecule has 100 valence electrons. The SMILES string of the molecule is CC(O)CCNC(=O)c1csc2c1CCC(C)C2. The highest BCUT2D eigenvalue weighted by molar-refractivity contribution is 7.10. The fourth-order valence-electron chi connectivity index (χ4n) is 2.36. The van der Waals surface area contributed by atoms with Crippen LogP contribution in [0.4, 0.5) is 0 Å². The number of carbonyl (C=O) groups excluding carboxylic acids is 1. The molecular weight excluding hydrogens is 246 g/mol. The third-order valence-corrected chi connectivity index (χ3v) is 4.55. The number of rotatable bonds is 4. The highest BCUT2D eigenvalue weighted by atomic mass is 32.1. The van der Waals surface area contributed by atoms with Crippen LogP contribution in [-0.2, 0) is 12.8 Å². The van der Waals surface area contributed by atoms with E-state index in [1.54, 1.807) is 18.3 Å². The van der Waals surface area contributed by atoms with E-state index in [1.807, 2.05) is 5.38 Å². The van der Waals surface area contributed by atoms with Gasteiger partial charge < -0.3 is 10.4 Å². The molecule has 1 heterocycles. The fraction of sp³-hybridized carbons (Fsp3) is 0.643. The van der Waals surface area contributed by atoms with E-state index >= 15 is 0 Å². The summed E-state index contributed by atoms with van der Waals surface area (Å²) >= 11 is 1.71. The van der Waals surface area contributed by atoms with Crippen molar-refractivity contribution in [1.82, 2.24) is 5.32 Å². The third-order valence-electron chi connectivity index (χ3n) is 3.49. The molecule has 4 heteroatoms. The van der Waals surface area contributed by atoms with E-state index in [0.717, 1.165) is 24.3 Å². The number of hydrogen-bond acceptors (Lipinski definition) is 3. The summed E-state index contributed by atoms with van der Waals surface area (Å²) in [6.07, 6.45) is 3.56. The van der Waals surface area contributed by atoms with E-state index in [4.69, 9.17) is 5.11 Å². The van der Waals surface area contributed by atoms with Crippen molar-refractivity contribution < 1.29 is 9.90 Å². The number of aliphatic hydroxyl groups excluding tert-OH is 1. The van der Waals surface area contributed by atoms with Crippen LogP contribution in [0.1, 0.15) is 47.5 Å². The fourth-order valence-corrected chi connectivity index (χ4v) is 3.60. The maximum atomic E-state index is 12.1. The van der Waals surface area contributed by atoms with Gasteiger partial charge in [0, 0.05) is 16.8 Å². The molecule has 0 saturated carbocycles. The molecule has 18 heavy (non-hydrogen) atoms. The van der Waals surface area contributed by atoms with E-state index in [1.165, 1.54) is 16.9 Å². The van der Waals surface area contributed by atoms with E-state index in [-0.39, 0.29) is 12.0 Å². The average Bonchev–Trinajstić information content (AvgIpc) is 2.71. The van der Waals surface area contributed by atoms with Gasteiger partial charge in [0.05, 0.1) is 11.7 Å². The van der Waals surface area contributed by atoms with Crippen molar-refractivity contribution in [2.75, 3.05) is 6.54 Å². The zero-order valence-electron chi connectivity index (χ0n) is 11.0. The second-order valence-electron chi connectivity index (χ2n) is 5.29. The largest absolute Gasteiger partial charge is 0.393 e. The van der Waals surface area contributed by atoms with Gasteiger partial charge in [-0.15, -0.1) is 11.3 Å². The first-order valence-corrected chi connectivity index (χ1v) is 7.51. The minimum absolute atomic E-state index is 0.0164. The first kappa shape index (κ1) is 13.6. The van der Waals surface area contributed by atoms with Crippen LogP contribution in [0.2, 0.25) is 0 Å². The molecule has 0 saturated heterocycles. The highest BCUT2D eigenvalue weighted by Crippen LogP contribution is 2.32. The van der Waals surface area contributed by atoms with Crippen LogP contribution in [0.25, 0.3) is 0 Å². The van der Waals surface area contributed by atoms with Gasteiger partial charge in [0.1, 0.15) is 0 Å². The van der Waals surface area contributed by atoms with Crippen LogP contribution in [0.15, 0.2) is 5.38 Å². The van der Waals surface area contributed by atoms with Crippen LogP contribution < -0.4 is 5.32 Å². The molecule has 1 aliphatic carbocycles. The van der Waals surface area contributed by atoms with Gasteiger partial charge in [-0.3, -0.25) is 4.79 Å². The molecule has 2 N–H and O–H groups in total. The Morgan fingerprint density at radius 1 is 1.67 bits per heavy atom. The van der Waals surface area contributed by atoms with Gasteiger partial charge in [-0.1, -0.05) is 6.92 Å². The standard InChI is InChI=1S/C14H21NO2S/c1-9-3-4-11-12(8-18-13(11)7-9)14(17)15-6-5-10(2)16/h8-10,16H,3-7H2,1-2H3,(H,15,17). The van der Waals surface area contributed by atoms with Crippen molar-refractivity contribution in [3.63, 3.8) is 0 Å². The number of thiophene rings is 1. The summed E-state index contributed by atoms with van der Waals surface area (Å²) in [6.45, 7) is 4.54. The van der Waals surface area contributed by atoms with Crippen molar-refractivity contribution in [2.24, 2.45) is 5.92 Å². The quantitative estimate of drug-likeness (QED) is 0.880. The molecule has 0 radical (unpaired) electrons. The highest BCUT2D eigenvalue weighted by Gasteiger charge is 2.22. The third kappa shape index (κ3) is 3.12. The average molecular weight is 267 g/mol. The summed E-state index contributed by atoms with van der Waals surface area (Å²) < 4.78 is 0. The zero-order chi connectivity index (χ0) is 13.1. The Hall–Kier alpha value is -0.870. The predicted octanol–water partition coefficient (Wildman–Crippen LogP) is 2.37. The van der Waals surface area contributed by atoms with Crippen LogP contribution >= 0.6 is 11.3 Å². The lowest BCUT2D eigenvalue weighted by Crippen LogP contribution is -2.27. The Kier molecular flexibility index (Phi) is 4.40. The zero-order valence-corrected chi connectivity index (χ0v) is 11.8. The number of amides is 1. The second-order valence-corrected chi connectivity index (χ2v) is 6.26. The Balaban J connectivity index is 1.99. The topological polar surface area (TPSA) is 49.3 Å². The summed E-state index contributed by atoms with van der Waals surface area (Å²) in [5, 5.41) is 14.0. The van der Waals surface area contributed by atoms with Crippen LogP contribution in [0.5, 0.6) is 0 Å². The summed E-state index contributed by atoms with van der Waals surface area (Å²) in [6, 6.07) is 0. The molecular formula is C14H21NO2S. The monoisotopic (exact) mass is 267 g/mol. The minimum Gasteiger partial charge on any atom is -0.393 e. The Bertz CT molecular complexity index is 425. The maximum Gasteiger partial charge on any atom is 0.252 e. The smallest absolute Gasteiger partial charge is 0.252 e. The van der Waals surface area contributed by atoms with Gasteiger partial charge in [-0.05, 0) is 44.1 Å². The Morgan fingerprint density at radius 3 is 3.17 bits per heavy atom. The lowest BCUT2D eigenvalue weighted by Gasteiger charge is -2.18. The van der Waals surface area contributed by atoms with Crippen molar-refractivity contribution >= 4 is 17.2 Å². The molecule has 2 rings (SSSR count). The van der Waals surface area contributed by atoms with E-state index in [9.17, 15) is 4.79 Å². The predicted molar refractivity (Wildman–Crippen MR) is 74.1 cm³/mol. The number of fused-ring (bicyclic) bond motifs is 1. The van der Waals surface area contributed by atoms with E-state index in [2.05, 4.69) is 12.2 Å². The van der Waals surface area contributed by atoms with Crippen LogP contribution in [0.3, 0.4) is 0 Å². The lowest BCUT2D eigenvalue weighted by atomic mass is 9.88. The van der Waals surface area contributed by atoms with Crippen molar-refractivity contribution in [2.45, 2.75) is 45.6 Å². The summed E-state index contributed by atoms with van der Waals surface area (Å²) in [5.41, 5.74) is 2.11. The molecule has 1 aromatic heterocycles. The molecule has 0 bridgehead atoms. The first-order chi connectivity index (χ1) is 8.58. The van der Waals surface area contributed by atoms with Crippen molar-refractivity contribution in [3.8, 4) is 0 Å². The number of hydrogen-bond donors (Lipinski definition) is 2. The summed E-state index contributed by atoms with van der Waals surface area (Å²) in [7, 11) is 0. The van der Waals surface area contributed by atoms with Gasteiger partial charge in [-0.2, -0.15) is 0 Å². The number of nitrogens with one attached hydrogen (secondary N) is 1. The lowest BCUT2D eigenvalue weighted by molar-refractivity contribution is 0.0945. The summed E-state index contributed by atoms with van der Waals surface area (Å²) in [5.74, 6) is 0.755. The molecule has 0 aromatic carbocycles. The molecule has 3 nitrogen and oxygen atoms in total. The molecule has 2 atom stereocenters. The van der Waals surface area contributed by atoms with Crippen molar-refractivity contribution in [1.29, 1.82) is 0 Å². The molecule has 0 fully saturated rings. The molecule has 0 spiro atoms. The summed E-state index contributed by atoms with van der Waals surface area (Å²) in [4.78, 5) is 13.4. The van der Waals surface area contributed by atoms with Crippen LogP contribution in [0, 0.1) is 5.92 Å². The first-order valence-electron chi connectivity index (χ1n) is 6.63. The molecule has 0 aliphatic heterocycles. The minimum atomic E-state index is -0.359. The van der Waals surface area contributed by atoms with Crippen LogP contribution in [-0.4, -0.2) is 23.7 Å². The van der Waals surface area contributed by atoms with E-state index < -0.39 is 0 Å². The molecule has 1 amide bonds. The van der Waals surface area contributed by atoms with Gasteiger partial charge in [0.25, 0.3) is 5.91 Å². The van der Waals surface area contributed by atoms with E-state index in [0.29, 0.717) is 13.0 Å². The molecule has 1 aromatic rings. The Labute approximate surface area is 112 Å². The molecule has 2 unspecified atom stereocenters. The van der Waals surface area contributed by atoms with Crippen molar-refractivity contribution in [3.05, 3.63) is 21.4 Å². The number of aliphatic hydroxyl groups is 1. The Morgan fingerprint density at radius 2 is 2.44 bits per heavy atom. The maximum absolute atomic E-state index is 12.1. The van der Waals surface area contributed by atoms with Gasteiger partial charge in [0.2, 0.25) is 0 Å². The van der Waals surface area contributed by atoms with Gasteiger partial charge in [0.15, 0.2) is 0 Å². The normalized spacial score (nSPS) is 20.3. The van der Waals surface area contributed by atoms with Gasteiger partial charge in [-0.25, -0.2) is 0 Å².